The SMILES string of the molecule is C.COC.c1ccc2c(c1)CCN1CCCC13CCCC23. The third-order valence-corrected chi connectivity index (χ3v) is 5.50. The summed E-state index contributed by atoms with van der Waals surface area (Å²) in [7, 11) is 3.25. The van der Waals surface area contributed by atoms with Crippen molar-refractivity contribution >= 4 is 0 Å². The average molecular weight is 289 g/mol. The van der Waals surface area contributed by atoms with Gasteiger partial charge in [-0.3, -0.25) is 4.90 Å². The maximum Gasteiger partial charge on any atom is 0.0351 e. The van der Waals surface area contributed by atoms with Crippen molar-refractivity contribution in [1.82, 2.24) is 4.90 Å². The first-order valence-corrected chi connectivity index (χ1v) is 8.05. The zero-order valence-corrected chi connectivity index (χ0v) is 12.9. The maximum atomic E-state index is 4.25. The summed E-state index contributed by atoms with van der Waals surface area (Å²) in [5.74, 6) is 0.837. The molecule has 1 saturated heterocycles. The van der Waals surface area contributed by atoms with E-state index in [9.17, 15) is 0 Å². The standard InChI is InChI=1S/C16H21N.C2H6O.CH4/c1-2-6-14-13(5-1)8-12-17-11-4-10-16(17)9-3-7-15(14)16;1-3-2;/h1-2,5-6,15H,3-4,7-12H2;1-2H3;1H4. The van der Waals surface area contributed by atoms with Gasteiger partial charge in [0.15, 0.2) is 0 Å². The van der Waals surface area contributed by atoms with Gasteiger partial charge in [-0.15, -0.1) is 0 Å². The summed E-state index contributed by atoms with van der Waals surface area (Å²) in [6.07, 6.45) is 8.47. The third-order valence-electron chi connectivity index (χ3n) is 5.50. The monoisotopic (exact) mass is 289 g/mol. The van der Waals surface area contributed by atoms with E-state index in [1.807, 2.05) is 0 Å². The Labute approximate surface area is 130 Å². The molecule has 0 bridgehead atoms. The van der Waals surface area contributed by atoms with Crippen LogP contribution in [0.2, 0.25) is 0 Å². The van der Waals surface area contributed by atoms with Crippen LogP contribution >= 0.6 is 0 Å². The minimum Gasteiger partial charge on any atom is -0.388 e. The van der Waals surface area contributed by atoms with Crippen LogP contribution in [0.25, 0.3) is 0 Å². The number of fused-ring (bicyclic) bond motifs is 2. The van der Waals surface area contributed by atoms with Crippen LogP contribution in [0.5, 0.6) is 0 Å². The van der Waals surface area contributed by atoms with Crippen LogP contribution in [0.15, 0.2) is 24.3 Å². The molecule has 0 amide bonds. The predicted octanol–water partition coefficient (Wildman–Crippen LogP) is 4.24. The average Bonchev–Trinajstić information content (AvgIpc) is 3.04. The molecule has 2 fully saturated rings. The van der Waals surface area contributed by atoms with Crippen LogP contribution in [0.4, 0.5) is 0 Å². The first kappa shape index (κ1) is 16.5. The Morgan fingerprint density at radius 1 is 1.10 bits per heavy atom. The van der Waals surface area contributed by atoms with Gasteiger partial charge in [-0.25, -0.2) is 0 Å². The number of rotatable bonds is 0. The van der Waals surface area contributed by atoms with Crippen molar-refractivity contribution in [2.45, 2.75) is 57.4 Å². The summed E-state index contributed by atoms with van der Waals surface area (Å²) >= 11 is 0. The lowest BCUT2D eigenvalue weighted by Gasteiger charge is -2.39. The van der Waals surface area contributed by atoms with Gasteiger partial charge < -0.3 is 4.74 Å². The molecule has 1 saturated carbocycles. The van der Waals surface area contributed by atoms with Gasteiger partial charge in [-0.1, -0.05) is 38.1 Å². The van der Waals surface area contributed by atoms with E-state index in [0.717, 1.165) is 5.92 Å². The predicted molar refractivity (Wildman–Crippen MR) is 89.9 cm³/mol. The third kappa shape index (κ3) is 2.76. The van der Waals surface area contributed by atoms with Gasteiger partial charge >= 0.3 is 0 Å². The van der Waals surface area contributed by atoms with Crippen molar-refractivity contribution in [2.24, 2.45) is 0 Å². The molecule has 2 aliphatic heterocycles. The zero-order chi connectivity index (χ0) is 14.0. The van der Waals surface area contributed by atoms with Gasteiger partial charge in [0.05, 0.1) is 0 Å². The Morgan fingerprint density at radius 3 is 2.62 bits per heavy atom. The van der Waals surface area contributed by atoms with Gasteiger partial charge in [-0.05, 0) is 49.8 Å². The zero-order valence-electron chi connectivity index (χ0n) is 12.9. The van der Waals surface area contributed by atoms with E-state index in [1.54, 1.807) is 25.3 Å². The summed E-state index contributed by atoms with van der Waals surface area (Å²) in [5.41, 5.74) is 3.88. The molecule has 1 spiro atoms. The Kier molecular flexibility index (Phi) is 5.45. The number of ether oxygens (including phenoxy) is 1. The largest absolute Gasteiger partial charge is 0.388 e. The van der Waals surface area contributed by atoms with E-state index >= 15 is 0 Å². The minimum absolute atomic E-state index is 0. The highest BCUT2D eigenvalue weighted by Gasteiger charge is 2.51. The number of methoxy groups -OCH3 is 1. The molecular weight excluding hydrogens is 258 g/mol. The molecule has 1 aromatic carbocycles. The van der Waals surface area contributed by atoms with Crippen LogP contribution in [0.1, 0.15) is 56.6 Å². The molecule has 2 heterocycles. The Bertz CT molecular complexity index is 455. The molecule has 2 unspecified atom stereocenters. The lowest BCUT2D eigenvalue weighted by Crippen LogP contribution is -2.45. The molecule has 1 aliphatic carbocycles. The molecular formula is C19H31NO. The molecule has 1 aromatic rings. The van der Waals surface area contributed by atoms with Crippen LogP contribution in [0.3, 0.4) is 0 Å². The van der Waals surface area contributed by atoms with Crippen LogP contribution < -0.4 is 0 Å². The smallest absolute Gasteiger partial charge is 0.0351 e. The summed E-state index contributed by atoms with van der Waals surface area (Å²) in [6, 6.07) is 9.24. The lowest BCUT2D eigenvalue weighted by molar-refractivity contribution is 0.133. The normalized spacial score (nSPS) is 30.1. The second-order valence-corrected chi connectivity index (χ2v) is 6.50. The first-order chi connectivity index (χ1) is 9.81. The number of hydrogen-bond acceptors (Lipinski definition) is 2. The van der Waals surface area contributed by atoms with Crippen molar-refractivity contribution in [3.63, 3.8) is 0 Å². The van der Waals surface area contributed by atoms with Crippen molar-refractivity contribution in [3.05, 3.63) is 35.4 Å². The van der Waals surface area contributed by atoms with E-state index in [2.05, 4.69) is 33.9 Å². The number of nitrogens with zero attached hydrogens (tertiary/aromatic N) is 1. The van der Waals surface area contributed by atoms with E-state index < -0.39 is 0 Å². The highest BCUT2D eigenvalue weighted by atomic mass is 16.4. The van der Waals surface area contributed by atoms with Crippen LogP contribution in [0, 0.1) is 0 Å². The molecule has 4 rings (SSSR count). The summed E-state index contributed by atoms with van der Waals surface area (Å²) in [5, 5.41) is 0. The maximum absolute atomic E-state index is 4.25. The Balaban J connectivity index is 0.000000375. The van der Waals surface area contributed by atoms with Crippen molar-refractivity contribution in [2.75, 3.05) is 27.3 Å². The van der Waals surface area contributed by atoms with Crippen molar-refractivity contribution < 1.29 is 4.74 Å². The molecule has 2 atom stereocenters. The van der Waals surface area contributed by atoms with Crippen LogP contribution in [-0.4, -0.2) is 37.7 Å². The van der Waals surface area contributed by atoms with Gasteiger partial charge in [0.2, 0.25) is 0 Å². The van der Waals surface area contributed by atoms with E-state index in [4.69, 9.17) is 0 Å². The quantitative estimate of drug-likeness (QED) is 0.708. The molecule has 2 nitrogen and oxygen atoms in total. The van der Waals surface area contributed by atoms with Crippen molar-refractivity contribution in [1.29, 1.82) is 0 Å². The van der Waals surface area contributed by atoms with Crippen LogP contribution in [-0.2, 0) is 11.2 Å². The van der Waals surface area contributed by atoms with E-state index in [-0.39, 0.29) is 7.43 Å². The topological polar surface area (TPSA) is 12.5 Å². The number of benzene rings is 1. The molecule has 21 heavy (non-hydrogen) atoms. The van der Waals surface area contributed by atoms with Gasteiger partial charge in [0, 0.05) is 32.2 Å². The Hall–Kier alpha value is -0.860. The summed E-state index contributed by atoms with van der Waals surface area (Å²) < 4.78 is 4.25. The molecule has 0 radical (unpaired) electrons. The van der Waals surface area contributed by atoms with E-state index in [1.165, 1.54) is 51.6 Å². The molecule has 3 aliphatic rings. The second-order valence-electron chi connectivity index (χ2n) is 6.50. The minimum atomic E-state index is 0. The summed E-state index contributed by atoms with van der Waals surface area (Å²) in [6.45, 7) is 2.65. The first-order valence-electron chi connectivity index (χ1n) is 8.05. The molecule has 2 heteroatoms. The van der Waals surface area contributed by atoms with Crippen molar-refractivity contribution in [3.8, 4) is 0 Å². The molecule has 0 aromatic heterocycles. The number of hydrogen-bond donors (Lipinski definition) is 0. The van der Waals surface area contributed by atoms with E-state index in [0.29, 0.717) is 5.54 Å². The van der Waals surface area contributed by atoms with Gasteiger partial charge in [-0.2, -0.15) is 0 Å². The fourth-order valence-electron chi connectivity index (χ4n) is 4.83. The summed E-state index contributed by atoms with van der Waals surface area (Å²) in [4.78, 5) is 2.84. The van der Waals surface area contributed by atoms with Gasteiger partial charge in [0.25, 0.3) is 0 Å². The Morgan fingerprint density at radius 2 is 1.81 bits per heavy atom. The van der Waals surface area contributed by atoms with Gasteiger partial charge in [0.1, 0.15) is 0 Å². The second kappa shape index (κ2) is 6.93. The highest BCUT2D eigenvalue weighted by molar-refractivity contribution is 5.36. The molecule has 118 valence electrons. The molecule has 0 N–H and O–H groups in total. The lowest BCUT2D eigenvalue weighted by atomic mass is 9.79. The fourth-order valence-corrected chi connectivity index (χ4v) is 4.83. The highest BCUT2D eigenvalue weighted by Crippen LogP contribution is 2.53. The fraction of sp³-hybridized carbons (Fsp3) is 0.684.